The van der Waals surface area contributed by atoms with Crippen molar-refractivity contribution in [3.63, 3.8) is 0 Å². The average molecular weight is 264 g/mol. The highest BCUT2D eigenvalue weighted by atomic mass is 32.2. The number of hydrogen-bond donors (Lipinski definition) is 0. The molecule has 0 radical (unpaired) electrons. The van der Waals surface area contributed by atoms with Crippen LogP contribution in [0.3, 0.4) is 0 Å². The summed E-state index contributed by atoms with van der Waals surface area (Å²) in [6.07, 6.45) is 2.23. The molecular weight excluding hydrogens is 248 g/mol. The van der Waals surface area contributed by atoms with Crippen LogP contribution in [0.5, 0.6) is 0 Å². The predicted octanol–water partition coefficient (Wildman–Crippen LogP) is 2.73. The van der Waals surface area contributed by atoms with Crippen molar-refractivity contribution >= 4 is 15.6 Å². The van der Waals surface area contributed by atoms with Gasteiger partial charge in [0.1, 0.15) is 5.78 Å². The van der Waals surface area contributed by atoms with Gasteiger partial charge >= 0.3 is 0 Å². The Labute approximate surface area is 107 Å². The SMILES string of the molecule is C=C(C[C@H]1CCC(=O)C1)S(=O)(=O)c1ccccc1. The Hall–Kier alpha value is -1.42. The molecule has 1 aromatic rings. The summed E-state index contributed by atoms with van der Waals surface area (Å²) in [5, 5.41) is 0. The third-order valence-corrected chi connectivity index (χ3v) is 5.12. The zero-order chi connectivity index (χ0) is 13.2. The number of Topliss-reactive ketones (excluding diaryl/α,β-unsaturated/α-hetero) is 1. The molecule has 0 N–H and O–H groups in total. The first-order valence-electron chi connectivity index (χ1n) is 6.00. The van der Waals surface area contributed by atoms with Crippen molar-refractivity contribution in [3.8, 4) is 0 Å². The fourth-order valence-corrected chi connectivity index (χ4v) is 3.57. The minimum Gasteiger partial charge on any atom is -0.300 e. The second-order valence-electron chi connectivity index (χ2n) is 4.71. The Morgan fingerprint density at radius 1 is 1.28 bits per heavy atom. The van der Waals surface area contributed by atoms with E-state index >= 15 is 0 Å². The molecular formula is C14H16O3S. The first-order chi connectivity index (χ1) is 8.50. The Morgan fingerprint density at radius 3 is 2.50 bits per heavy atom. The Balaban J connectivity index is 2.11. The summed E-state index contributed by atoms with van der Waals surface area (Å²) in [6, 6.07) is 8.30. The second-order valence-corrected chi connectivity index (χ2v) is 6.76. The molecule has 0 unspecified atom stereocenters. The standard InChI is InChI=1S/C14H16O3S/c1-11(9-12-7-8-13(15)10-12)18(16,17)14-5-3-2-4-6-14/h2-6,12H,1,7-10H2/t12-/m1/s1. The molecule has 2 rings (SSSR count). The molecule has 1 aromatic carbocycles. The molecule has 18 heavy (non-hydrogen) atoms. The fraction of sp³-hybridized carbons (Fsp3) is 0.357. The lowest BCUT2D eigenvalue weighted by Crippen LogP contribution is -2.07. The van der Waals surface area contributed by atoms with Crippen molar-refractivity contribution in [1.82, 2.24) is 0 Å². The largest absolute Gasteiger partial charge is 0.300 e. The summed E-state index contributed by atoms with van der Waals surface area (Å²) in [5.74, 6) is 0.369. The fourth-order valence-electron chi connectivity index (χ4n) is 2.26. The van der Waals surface area contributed by atoms with E-state index in [0.29, 0.717) is 19.3 Å². The van der Waals surface area contributed by atoms with Crippen LogP contribution in [0.25, 0.3) is 0 Å². The number of allylic oxidation sites excluding steroid dienone is 1. The molecule has 0 bridgehead atoms. The van der Waals surface area contributed by atoms with Gasteiger partial charge in [-0.3, -0.25) is 4.79 Å². The van der Waals surface area contributed by atoms with Crippen LogP contribution in [-0.4, -0.2) is 14.2 Å². The first-order valence-corrected chi connectivity index (χ1v) is 7.48. The predicted molar refractivity (Wildman–Crippen MR) is 69.7 cm³/mol. The number of hydrogen-bond acceptors (Lipinski definition) is 3. The highest BCUT2D eigenvalue weighted by molar-refractivity contribution is 7.95. The van der Waals surface area contributed by atoms with Crippen LogP contribution in [0.4, 0.5) is 0 Å². The minimum atomic E-state index is -3.45. The van der Waals surface area contributed by atoms with Gasteiger partial charge in [-0.2, -0.15) is 0 Å². The Morgan fingerprint density at radius 2 is 1.94 bits per heavy atom. The lowest BCUT2D eigenvalue weighted by molar-refractivity contribution is -0.117. The van der Waals surface area contributed by atoms with Crippen molar-refractivity contribution < 1.29 is 13.2 Å². The molecule has 0 heterocycles. The molecule has 1 aliphatic carbocycles. The number of sulfone groups is 1. The molecule has 1 fully saturated rings. The summed E-state index contributed by atoms with van der Waals surface area (Å²) in [4.78, 5) is 11.7. The maximum atomic E-state index is 12.2. The van der Waals surface area contributed by atoms with Crippen LogP contribution < -0.4 is 0 Å². The van der Waals surface area contributed by atoms with Crippen LogP contribution in [0.2, 0.25) is 0 Å². The maximum absolute atomic E-state index is 12.2. The molecule has 96 valence electrons. The number of rotatable bonds is 4. The number of carbonyl (C=O) groups is 1. The Bertz CT molecular complexity index is 558. The van der Waals surface area contributed by atoms with Crippen LogP contribution in [0, 0.1) is 5.92 Å². The normalized spacial score (nSPS) is 20.0. The van der Waals surface area contributed by atoms with Gasteiger partial charge in [0, 0.05) is 17.7 Å². The van der Waals surface area contributed by atoms with Crippen molar-refractivity contribution in [3.05, 3.63) is 41.8 Å². The highest BCUT2D eigenvalue weighted by Crippen LogP contribution is 2.31. The van der Waals surface area contributed by atoms with Crippen molar-refractivity contribution in [2.45, 2.75) is 30.6 Å². The van der Waals surface area contributed by atoms with E-state index in [4.69, 9.17) is 0 Å². The Kier molecular flexibility index (Phi) is 3.66. The van der Waals surface area contributed by atoms with Crippen LogP contribution in [-0.2, 0) is 14.6 Å². The molecule has 3 nitrogen and oxygen atoms in total. The second kappa shape index (κ2) is 5.06. The summed E-state index contributed by atoms with van der Waals surface area (Å²) >= 11 is 0. The molecule has 0 saturated heterocycles. The van der Waals surface area contributed by atoms with Gasteiger partial charge in [-0.15, -0.1) is 0 Å². The quantitative estimate of drug-likeness (QED) is 0.840. The molecule has 1 saturated carbocycles. The summed E-state index contributed by atoms with van der Waals surface area (Å²) < 4.78 is 24.4. The maximum Gasteiger partial charge on any atom is 0.202 e. The summed E-state index contributed by atoms with van der Waals surface area (Å²) in [7, 11) is -3.45. The van der Waals surface area contributed by atoms with Gasteiger partial charge in [0.15, 0.2) is 0 Å². The molecule has 0 aromatic heterocycles. The van der Waals surface area contributed by atoms with Crippen LogP contribution in [0.15, 0.2) is 46.7 Å². The van der Waals surface area contributed by atoms with Crippen molar-refractivity contribution in [1.29, 1.82) is 0 Å². The average Bonchev–Trinajstić information content (AvgIpc) is 2.76. The molecule has 4 heteroatoms. The van der Waals surface area contributed by atoms with E-state index in [1.54, 1.807) is 30.3 Å². The third kappa shape index (κ3) is 2.70. The highest BCUT2D eigenvalue weighted by Gasteiger charge is 2.27. The summed E-state index contributed by atoms with van der Waals surface area (Å²) in [5.41, 5.74) is 0. The van der Waals surface area contributed by atoms with Gasteiger partial charge in [0.05, 0.1) is 4.90 Å². The monoisotopic (exact) mass is 264 g/mol. The van der Waals surface area contributed by atoms with Crippen LogP contribution >= 0.6 is 0 Å². The van der Waals surface area contributed by atoms with E-state index in [2.05, 4.69) is 6.58 Å². The zero-order valence-corrected chi connectivity index (χ0v) is 10.9. The van der Waals surface area contributed by atoms with Crippen molar-refractivity contribution in [2.75, 3.05) is 0 Å². The lowest BCUT2D eigenvalue weighted by Gasteiger charge is -2.11. The molecule has 1 aliphatic rings. The molecule has 0 aliphatic heterocycles. The first kappa shape index (κ1) is 13.0. The topological polar surface area (TPSA) is 51.2 Å². The molecule has 0 spiro atoms. The van der Waals surface area contributed by atoms with Gasteiger partial charge in [0.25, 0.3) is 0 Å². The van der Waals surface area contributed by atoms with E-state index in [1.807, 2.05) is 0 Å². The number of ketones is 1. The number of benzene rings is 1. The van der Waals surface area contributed by atoms with Gasteiger partial charge < -0.3 is 0 Å². The van der Waals surface area contributed by atoms with Gasteiger partial charge in [-0.25, -0.2) is 8.42 Å². The third-order valence-electron chi connectivity index (χ3n) is 3.30. The van der Waals surface area contributed by atoms with E-state index < -0.39 is 9.84 Å². The molecule has 0 amide bonds. The van der Waals surface area contributed by atoms with E-state index in [0.717, 1.165) is 6.42 Å². The van der Waals surface area contributed by atoms with Gasteiger partial charge in [-0.1, -0.05) is 24.8 Å². The van der Waals surface area contributed by atoms with E-state index in [9.17, 15) is 13.2 Å². The van der Waals surface area contributed by atoms with E-state index in [1.165, 1.54) is 0 Å². The molecule has 1 atom stereocenters. The zero-order valence-electron chi connectivity index (χ0n) is 10.1. The van der Waals surface area contributed by atoms with Gasteiger partial charge in [-0.05, 0) is 30.9 Å². The lowest BCUT2D eigenvalue weighted by atomic mass is 10.0. The number of carbonyl (C=O) groups excluding carboxylic acids is 1. The van der Waals surface area contributed by atoms with Gasteiger partial charge in [0.2, 0.25) is 9.84 Å². The smallest absolute Gasteiger partial charge is 0.202 e. The summed E-state index contributed by atoms with van der Waals surface area (Å²) in [6.45, 7) is 3.69. The van der Waals surface area contributed by atoms with Crippen LogP contribution in [0.1, 0.15) is 25.7 Å². The van der Waals surface area contributed by atoms with Crippen molar-refractivity contribution in [2.24, 2.45) is 5.92 Å². The minimum absolute atomic E-state index is 0.142. The van der Waals surface area contributed by atoms with E-state index in [-0.39, 0.29) is 21.5 Å².